The number of nitrogens with one attached hydrogen (secondary N) is 1. The number of benzene rings is 3. The number of hydrogen-bond acceptors (Lipinski definition) is 3. The lowest BCUT2D eigenvalue weighted by atomic mass is 10.1. The van der Waals surface area contributed by atoms with E-state index >= 15 is 0 Å². The highest BCUT2D eigenvalue weighted by Gasteiger charge is 2.36. The molecule has 0 unspecified atom stereocenters. The van der Waals surface area contributed by atoms with Crippen LogP contribution in [0.4, 0.5) is 32.0 Å². The molecule has 0 atom stereocenters. The van der Waals surface area contributed by atoms with Gasteiger partial charge in [0.2, 0.25) is 0 Å². The number of halogens is 6. The van der Waals surface area contributed by atoms with E-state index in [1.165, 1.54) is 19.1 Å². The molecule has 0 spiro atoms. The maximum Gasteiger partial charge on any atom is 0.419 e. The molecule has 0 radical (unpaired) electrons. The lowest BCUT2D eigenvalue weighted by Crippen LogP contribution is -2.13. The first-order valence-electron chi connectivity index (χ1n) is 8.86. The molecular formula is C22H14F6N2O. The van der Waals surface area contributed by atoms with Crippen molar-refractivity contribution in [1.82, 2.24) is 0 Å². The highest BCUT2D eigenvalue weighted by molar-refractivity contribution is 5.52. The zero-order valence-corrected chi connectivity index (χ0v) is 15.9. The molecule has 0 amide bonds. The van der Waals surface area contributed by atoms with E-state index in [1.54, 1.807) is 6.07 Å². The van der Waals surface area contributed by atoms with Crippen LogP contribution in [0.3, 0.4) is 0 Å². The molecule has 160 valence electrons. The zero-order chi connectivity index (χ0) is 22.8. The van der Waals surface area contributed by atoms with Gasteiger partial charge < -0.3 is 10.1 Å². The van der Waals surface area contributed by atoms with E-state index in [0.717, 1.165) is 30.3 Å². The van der Waals surface area contributed by atoms with Crippen molar-refractivity contribution in [2.24, 2.45) is 0 Å². The summed E-state index contributed by atoms with van der Waals surface area (Å²) in [7, 11) is 0. The van der Waals surface area contributed by atoms with E-state index in [1.807, 2.05) is 0 Å². The summed E-state index contributed by atoms with van der Waals surface area (Å²) >= 11 is 0. The van der Waals surface area contributed by atoms with Gasteiger partial charge >= 0.3 is 6.18 Å². The van der Waals surface area contributed by atoms with Crippen LogP contribution in [0.5, 0.6) is 11.5 Å². The van der Waals surface area contributed by atoms with Gasteiger partial charge in [-0.15, -0.1) is 0 Å². The molecule has 9 heteroatoms. The van der Waals surface area contributed by atoms with Gasteiger partial charge in [0.15, 0.2) is 0 Å². The highest BCUT2D eigenvalue weighted by atomic mass is 19.4. The third-order valence-corrected chi connectivity index (χ3v) is 4.42. The third kappa shape index (κ3) is 4.91. The van der Waals surface area contributed by atoms with Gasteiger partial charge in [-0.25, -0.2) is 13.2 Å². The van der Waals surface area contributed by atoms with Crippen LogP contribution in [0.2, 0.25) is 0 Å². The second-order valence-corrected chi connectivity index (χ2v) is 6.57. The molecule has 3 rings (SSSR count). The Kier molecular flexibility index (Phi) is 6.11. The number of aryl methyl sites for hydroxylation is 1. The van der Waals surface area contributed by atoms with Gasteiger partial charge in [0.1, 0.15) is 35.0 Å². The smallest absolute Gasteiger partial charge is 0.419 e. The molecule has 0 heterocycles. The number of hydrogen-bond donors (Lipinski definition) is 1. The number of alkyl halides is 3. The molecule has 3 aromatic rings. The summed E-state index contributed by atoms with van der Waals surface area (Å²) in [6.07, 6.45) is -4.94. The van der Waals surface area contributed by atoms with Crippen molar-refractivity contribution >= 4 is 5.69 Å². The van der Waals surface area contributed by atoms with E-state index in [4.69, 9.17) is 10.00 Å². The Morgan fingerprint density at radius 3 is 2.32 bits per heavy atom. The standard InChI is InChI=1S/C22H14F6N2O/c1-12-8-14(23)2-6-19(12)31-20-7-4-17(22(26,27)28)21(25)16(20)11-30-15-3-5-18(24)13(9-15)10-29/h2-9,30H,11H2,1H3. The molecule has 0 saturated carbocycles. The molecule has 0 fully saturated rings. The van der Waals surface area contributed by atoms with Crippen molar-refractivity contribution in [2.75, 3.05) is 5.32 Å². The second-order valence-electron chi connectivity index (χ2n) is 6.57. The highest BCUT2D eigenvalue weighted by Crippen LogP contribution is 2.38. The van der Waals surface area contributed by atoms with Gasteiger partial charge in [-0.2, -0.15) is 18.4 Å². The van der Waals surface area contributed by atoms with Gasteiger partial charge in [0, 0.05) is 12.2 Å². The number of rotatable bonds is 5. The maximum absolute atomic E-state index is 14.8. The minimum Gasteiger partial charge on any atom is -0.457 e. The van der Waals surface area contributed by atoms with Crippen LogP contribution in [-0.2, 0) is 12.7 Å². The largest absolute Gasteiger partial charge is 0.457 e. The lowest BCUT2D eigenvalue weighted by molar-refractivity contribution is -0.140. The normalized spacial score (nSPS) is 11.2. The van der Waals surface area contributed by atoms with Gasteiger partial charge in [-0.05, 0) is 61.0 Å². The summed E-state index contributed by atoms with van der Waals surface area (Å²) in [6, 6.07) is 10.1. The van der Waals surface area contributed by atoms with Crippen LogP contribution in [0.1, 0.15) is 22.3 Å². The summed E-state index contributed by atoms with van der Waals surface area (Å²) < 4.78 is 86.7. The quantitative estimate of drug-likeness (QED) is 0.453. The van der Waals surface area contributed by atoms with Gasteiger partial charge in [-0.1, -0.05) is 0 Å². The van der Waals surface area contributed by atoms with Crippen LogP contribution < -0.4 is 10.1 Å². The Bertz CT molecular complexity index is 1170. The molecular weight excluding hydrogens is 422 g/mol. The predicted molar refractivity (Wildman–Crippen MR) is 101 cm³/mol. The first kappa shape index (κ1) is 22.0. The third-order valence-electron chi connectivity index (χ3n) is 4.42. The van der Waals surface area contributed by atoms with Crippen molar-refractivity contribution in [3.05, 3.63) is 88.2 Å². The monoisotopic (exact) mass is 436 g/mol. The molecule has 31 heavy (non-hydrogen) atoms. The maximum atomic E-state index is 14.8. The SMILES string of the molecule is Cc1cc(F)ccc1Oc1ccc(C(F)(F)F)c(F)c1CNc1ccc(F)c(C#N)c1. The average molecular weight is 436 g/mol. The zero-order valence-electron chi connectivity index (χ0n) is 15.9. The van der Waals surface area contributed by atoms with E-state index in [2.05, 4.69) is 5.32 Å². The fourth-order valence-electron chi connectivity index (χ4n) is 2.84. The summed E-state index contributed by atoms with van der Waals surface area (Å²) in [5.41, 5.74) is -1.66. The van der Waals surface area contributed by atoms with E-state index < -0.39 is 41.3 Å². The Hall–Kier alpha value is -3.67. The van der Waals surface area contributed by atoms with E-state index in [-0.39, 0.29) is 22.7 Å². The summed E-state index contributed by atoms with van der Waals surface area (Å²) in [5.74, 6) is -2.92. The summed E-state index contributed by atoms with van der Waals surface area (Å²) in [4.78, 5) is 0. The second kappa shape index (κ2) is 8.60. The predicted octanol–water partition coefficient (Wildman–Crippen LogP) is 6.71. The number of ether oxygens (including phenoxy) is 1. The average Bonchev–Trinajstić information content (AvgIpc) is 2.69. The van der Waals surface area contributed by atoms with Gasteiger partial charge in [0.25, 0.3) is 0 Å². The first-order valence-corrected chi connectivity index (χ1v) is 8.86. The number of nitriles is 1. The number of anilines is 1. The molecule has 1 N–H and O–H groups in total. The topological polar surface area (TPSA) is 45.0 Å². The van der Waals surface area contributed by atoms with Crippen molar-refractivity contribution in [2.45, 2.75) is 19.6 Å². The fraction of sp³-hybridized carbons (Fsp3) is 0.136. The number of nitrogens with zero attached hydrogens (tertiary/aromatic N) is 1. The van der Waals surface area contributed by atoms with Crippen LogP contribution >= 0.6 is 0 Å². The van der Waals surface area contributed by atoms with Crippen LogP contribution in [0.25, 0.3) is 0 Å². The van der Waals surface area contributed by atoms with Gasteiger partial charge in [-0.3, -0.25) is 0 Å². The van der Waals surface area contributed by atoms with Crippen LogP contribution in [-0.4, -0.2) is 0 Å². The van der Waals surface area contributed by atoms with E-state index in [9.17, 15) is 26.3 Å². The summed E-state index contributed by atoms with van der Waals surface area (Å²) in [5, 5.41) is 11.6. The Labute approximate surface area is 173 Å². The molecule has 3 aromatic carbocycles. The minimum absolute atomic E-state index is 0.135. The Morgan fingerprint density at radius 1 is 0.968 bits per heavy atom. The van der Waals surface area contributed by atoms with Crippen molar-refractivity contribution in [1.29, 1.82) is 5.26 Å². The van der Waals surface area contributed by atoms with Crippen molar-refractivity contribution in [3.63, 3.8) is 0 Å². The molecule has 0 aliphatic rings. The molecule has 0 aromatic heterocycles. The molecule has 0 bridgehead atoms. The van der Waals surface area contributed by atoms with Crippen LogP contribution in [0, 0.1) is 35.7 Å². The molecule has 0 aliphatic carbocycles. The first-order chi connectivity index (χ1) is 14.6. The van der Waals surface area contributed by atoms with E-state index in [0.29, 0.717) is 11.6 Å². The van der Waals surface area contributed by atoms with Crippen LogP contribution in [0.15, 0.2) is 48.5 Å². The molecule has 0 aliphatic heterocycles. The van der Waals surface area contributed by atoms with Gasteiger partial charge in [0.05, 0.1) is 16.7 Å². The minimum atomic E-state index is -4.94. The van der Waals surface area contributed by atoms with Crippen molar-refractivity contribution < 1.29 is 31.1 Å². The fourth-order valence-corrected chi connectivity index (χ4v) is 2.84. The Balaban J connectivity index is 1.99. The Morgan fingerprint density at radius 2 is 1.68 bits per heavy atom. The molecule has 0 saturated heterocycles. The molecule has 3 nitrogen and oxygen atoms in total. The van der Waals surface area contributed by atoms with Crippen molar-refractivity contribution in [3.8, 4) is 17.6 Å². The summed E-state index contributed by atoms with van der Waals surface area (Å²) in [6.45, 7) is 1.07. The lowest BCUT2D eigenvalue weighted by Gasteiger charge is -2.18.